The largest absolute Gasteiger partial charge is 0.416 e. The van der Waals surface area contributed by atoms with Crippen LogP contribution >= 0.6 is 11.8 Å². The van der Waals surface area contributed by atoms with Crippen molar-refractivity contribution in [2.24, 2.45) is 0 Å². The maximum Gasteiger partial charge on any atom is 0.416 e. The van der Waals surface area contributed by atoms with Crippen LogP contribution < -0.4 is 5.32 Å². The van der Waals surface area contributed by atoms with Crippen molar-refractivity contribution in [2.75, 3.05) is 17.6 Å². The van der Waals surface area contributed by atoms with Gasteiger partial charge in [0, 0.05) is 18.0 Å². The summed E-state index contributed by atoms with van der Waals surface area (Å²) in [6, 6.07) is 10.6. The Hall–Kier alpha value is -2.15. The lowest BCUT2D eigenvalue weighted by Crippen LogP contribution is -2.34. The molecule has 2 amide bonds. The fraction of sp³-hybridized carbons (Fsp3) is 0.316. The van der Waals surface area contributed by atoms with Crippen molar-refractivity contribution in [3.63, 3.8) is 0 Å². The molecule has 1 heterocycles. The minimum absolute atomic E-state index is 0.296. The predicted octanol–water partition coefficient (Wildman–Crippen LogP) is 5.60. The lowest BCUT2D eigenvalue weighted by molar-refractivity contribution is -0.137. The number of rotatable bonds is 2. The van der Waals surface area contributed by atoms with Crippen LogP contribution in [0.5, 0.6) is 0 Å². The average Bonchev–Trinajstić information content (AvgIpc) is 3.07. The molecule has 3 rings (SSSR count). The molecule has 0 spiro atoms. The number of nitrogens with one attached hydrogen (secondary N) is 1. The molecular formula is C19H19F3N2OS. The van der Waals surface area contributed by atoms with Crippen LogP contribution in [0.2, 0.25) is 0 Å². The lowest BCUT2D eigenvalue weighted by atomic mass is 10.1. The molecule has 138 valence electrons. The van der Waals surface area contributed by atoms with Gasteiger partial charge < -0.3 is 10.2 Å². The van der Waals surface area contributed by atoms with Crippen LogP contribution in [0.4, 0.5) is 23.7 Å². The Labute approximate surface area is 154 Å². The van der Waals surface area contributed by atoms with E-state index in [9.17, 15) is 18.0 Å². The normalized spacial score (nSPS) is 17.4. The Morgan fingerprint density at radius 2 is 1.81 bits per heavy atom. The number of alkyl halides is 3. The van der Waals surface area contributed by atoms with Gasteiger partial charge in [-0.2, -0.15) is 13.2 Å². The highest BCUT2D eigenvalue weighted by atomic mass is 32.2. The molecule has 1 aliphatic rings. The number of para-hydroxylation sites is 1. The number of amides is 2. The number of benzene rings is 2. The van der Waals surface area contributed by atoms with Crippen LogP contribution in [-0.2, 0) is 6.18 Å². The minimum atomic E-state index is -4.40. The number of urea groups is 1. The number of thioether (sulfide) groups is 1. The first-order valence-corrected chi connectivity index (χ1v) is 9.25. The van der Waals surface area contributed by atoms with Crippen molar-refractivity contribution < 1.29 is 18.0 Å². The number of anilines is 1. The standard InChI is InChI=1S/C19H19F3N2OS/c1-12-5-3-6-13(2)16(12)23-18(25)24-9-10-26-17(24)14-7-4-8-15(11-14)19(20,21)22/h3-8,11,17H,9-10H2,1-2H3,(H,23,25). The van der Waals surface area contributed by atoms with Gasteiger partial charge in [-0.05, 0) is 42.7 Å². The lowest BCUT2D eigenvalue weighted by Gasteiger charge is -2.25. The highest BCUT2D eigenvalue weighted by Gasteiger charge is 2.34. The summed E-state index contributed by atoms with van der Waals surface area (Å²) >= 11 is 1.47. The van der Waals surface area contributed by atoms with E-state index in [1.54, 1.807) is 11.0 Å². The Kier molecular flexibility index (Phi) is 5.18. The number of aryl methyl sites for hydroxylation is 2. The van der Waals surface area contributed by atoms with Gasteiger partial charge in [0.05, 0.1) is 5.56 Å². The summed E-state index contributed by atoms with van der Waals surface area (Å²) in [5, 5.41) is 2.49. The fourth-order valence-electron chi connectivity index (χ4n) is 3.01. The summed E-state index contributed by atoms with van der Waals surface area (Å²) in [6.07, 6.45) is -4.40. The Morgan fingerprint density at radius 3 is 2.46 bits per heavy atom. The topological polar surface area (TPSA) is 32.3 Å². The monoisotopic (exact) mass is 380 g/mol. The first-order valence-electron chi connectivity index (χ1n) is 8.20. The number of hydrogen-bond acceptors (Lipinski definition) is 2. The van der Waals surface area contributed by atoms with E-state index in [0.29, 0.717) is 17.9 Å². The van der Waals surface area contributed by atoms with Gasteiger partial charge in [0.25, 0.3) is 0 Å². The Bertz CT molecular complexity index is 802. The molecule has 1 aliphatic heterocycles. The van der Waals surface area contributed by atoms with E-state index in [2.05, 4.69) is 5.32 Å². The Morgan fingerprint density at radius 1 is 1.15 bits per heavy atom. The third-order valence-electron chi connectivity index (χ3n) is 4.36. The summed E-state index contributed by atoms with van der Waals surface area (Å²) in [6.45, 7) is 4.31. The van der Waals surface area contributed by atoms with Crippen LogP contribution in [0.1, 0.15) is 27.6 Å². The molecule has 1 fully saturated rings. The zero-order valence-electron chi connectivity index (χ0n) is 14.4. The molecule has 26 heavy (non-hydrogen) atoms. The summed E-state index contributed by atoms with van der Waals surface area (Å²) < 4.78 is 39.0. The molecule has 0 aliphatic carbocycles. The second kappa shape index (κ2) is 7.23. The van der Waals surface area contributed by atoms with Gasteiger partial charge in [0.15, 0.2) is 0 Å². The molecule has 7 heteroatoms. The van der Waals surface area contributed by atoms with Crippen LogP contribution in [0.25, 0.3) is 0 Å². The third kappa shape index (κ3) is 3.82. The van der Waals surface area contributed by atoms with Gasteiger partial charge in [-0.1, -0.05) is 30.3 Å². The smallest absolute Gasteiger partial charge is 0.308 e. The third-order valence-corrected chi connectivity index (χ3v) is 5.62. The highest BCUT2D eigenvalue weighted by molar-refractivity contribution is 7.99. The van der Waals surface area contributed by atoms with Crippen LogP contribution in [0.15, 0.2) is 42.5 Å². The predicted molar refractivity (Wildman–Crippen MR) is 98.3 cm³/mol. The molecule has 1 N–H and O–H groups in total. The van der Waals surface area contributed by atoms with E-state index < -0.39 is 17.1 Å². The van der Waals surface area contributed by atoms with Gasteiger partial charge >= 0.3 is 12.2 Å². The number of halogens is 3. The van der Waals surface area contributed by atoms with Gasteiger partial charge in [0.1, 0.15) is 5.37 Å². The molecule has 2 aromatic carbocycles. The minimum Gasteiger partial charge on any atom is -0.308 e. The second-order valence-electron chi connectivity index (χ2n) is 6.24. The van der Waals surface area contributed by atoms with Gasteiger partial charge in [-0.3, -0.25) is 0 Å². The number of carbonyl (C=O) groups excluding carboxylic acids is 1. The van der Waals surface area contributed by atoms with Crippen molar-refractivity contribution in [3.05, 3.63) is 64.7 Å². The van der Waals surface area contributed by atoms with Crippen molar-refractivity contribution in [1.82, 2.24) is 4.90 Å². The molecule has 2 aromatic rings. The Balaban J connectivity index is 1.83. The molecule has 3 nitrogen and oxygen atoms in total. The summed E-state index contributed by atoms with van der Waals surface area (Å²) in [5.41, 5.74) is 2.43. The molecular weight excluding hydrogens is 361 g/mol. The van der Waals surface area contributed by atoms with E-state index in [1.165, 1.54) is 17.8 Å². The van der Waals surface area contributed by atoms with Gasteiger partial charge in [0.2, 0.25) is 0 Å². The molecule has 0 aromatic heterocycles. The summed E-state index contributed by atoms with van der Waals surface area (Å²) in [5.74, 6) is 0.682. The first-order chi connectivity index (χ1) is 12.3. The van der Waals surface area contributed by atoms with Crippen molar-refractivity contribution >= 4 is 23.5 Å². The van der Waals surface area contributed by atoms with Crippen LogP contribution in [0, 0.1) is 13.8 Å². The van der Waals surface area contributed by atoms with Gasteiger partial charge in [-0.25, -0.2) is 4.79 Å². The SMILES string of the molecule is Cc1cccc(C)c1NC(=O)N1CCSC1c1cccc(C(F)(F)F)c1. The van der Waals surface area contributed by atoms with Crippen molar-refractivity contribution in [2.45, 2.75) is 25.4 Å². The molecule has 0 saturated carbocycles. The maximum absolute atomic E-state index is 13.0. The zero-order chi connectivity index (χ0) is 18.9. The first kappa shape index (κ1) is 18.6. The highest BCUT2D eigenvalue weighted by Crippen LogP contribution is 2.40. The maximum atomic E-state index is 13.0. The molecule has 0 bridgehead atoms. The van der Waals surface area contributed by atoms with E-state index in [4.69, 9.17) is 0 Å². The quantitative estimate of drug-likeness (QED) is 0.735. The number of carbonyl (C=O) groups is 1. The summed E-state index contributed by atoms with van der Waals surface area (Å²) in [4.78, 5) is 14.4. The molecule has 1 unspecified atom stereocenters. The van der Waals surface area contributed by atoms with E-state index in [0.717, 1.165) is 28.9 Å². The average molecular weight is 380 g/mol. The zero-order valence-corrected chi connectivity index (χ0v) is 15.2. The van der Waals surface area contributed by atoms with Crippen molar-refractivity contribution in [1.29, 1.82) is 0 Å². The number of nitrogens with zero attached hydrogens (tertiary/aromatic N) is 1. The van der Waals surface area contributed by atoms with E-state index >= 15 is 0 Å². The van der Waals surface area contributed by atoms with E-state index in [-0.39, 0.29) is 6.03 Å². The number of hydrogen-bond donors (Lipinski definition) is 1. The molecule has 0 radical (unpaired) electrons. The van der Waals surface area contributed by atoms with Crippen LogP contribution in [-0.4, -0.2) is 23.2 Å². The van der Waals surface area contributed by atoms with Crippen molar-refractivity contribution in [3.8, 4) is 0 Å². The van der Waals surface area contributed by atoms with Gasteiger partial charge in [-0.15, -0.1) is 11.8 Å². The van der Waals surface area contributed by atoms with Crippen LogP contribution in [0.3, 0.4) is 0 Å². The molecule has 1 atom stereocenters. The molecule has 1 saturated heterocycles. The van der Waals surface area contributed by atoms with E-state index in [1.807, 2.05) is 32.0 Å². The second-order valence-corrected chi connectivity index (χ2v) is 7.42. The fourth-order valence-corrected chi connectivity index (χ4v) is 4.26. The summed E-state index contributed by atoms with van der Waals surface area (Å²) in [7, 11) is 0.